The lowest BCUT2D eigenvalue weighted by Gasteiger charge is -1.96. The number of carbonyl (C=O) groups excluding carboxylic acids is 1. The molecule has 0 amide bonds. The van der Waals surface area contributed by atoms with E-state index in [1.54, 1.807) is 6.92 Å². The van der Waals surface area contributed by atoms with Crippen LogP contribution in [0, 0.1) is 0 Å². The maximum absolute atomic E-state index is 9.75. The molecule has 0 aromatic rings. The number of rotatable bonds is 1. The van der Waals surface area contributed by atoms with Crippen molar-refractivity contribution in [2.75, 3.05) is 0 Å². The Balaban J connectivity index is 3.82. The van der Waals surface area contributed by atoms with Gasteiger partial charge in [0.2, 0.25) is 0 Å². The van der Waals surface area contributed by atoms with Crippen LogP contribution in [0.1, 0.15) is 13.8 Å². The molecule has 0 rings (SSSR count). The maximum atomic E-state index is 9.75. The molecule has 2 nitrogen and oxygen atoms in total. The van der Waals surface area contributed by atoms with E-state index in [1.807, 2.05) is 0 Å². The van der Waals surface area contributed by atoms with Crippen LogP contribution in [-0.4, -0.2) is 5.97 Å². The first-order chi connectivity index (χ1) is 3.18. The third kappa shape index (κ3) is 1.98. The van der Waals surface area contributed by atoms with Crippen molar-refractivity contribution in [3.05, 3.63) is 11.6 Å². The van der Waals surface area contributed by atoms with Gasteiger partial charge in [0.1, 0.15) is 0 Å². The highest BCUT2D eigenvalue weighted by atomic mass is 16.4. The minimum atomic E-state index is -1.09. The first-order valence-electron chi connectivity index (χ1n) is 2.02. The predicted octanol–water partition coefficient (Wildman–Crippen LogP) is -0.298. The molecule has 0 aromatic carbocycles. The van der Waals surface area contributed by atoms with E-state index in [4.69, 9.17) is 0 Å². The first kappa shape index (κ1) is 6.21. The smallest absolute Gasteiger partial charge is 0.0668 e. The lowest BCUT2D eigenvalue weighted by Crippen LogP contribution is -2.22. The van der Waals surface area contributed by atoms with Crippen molar-refractivity contribution in [3.63, 3.8) is 0 Å². The van der Waals surface area contributed by atoms with Crippen molar-refractivity contribution in [2.24, 2.45) is 0 Å². The topological polar surface area (TPSA) is 40.1 Å². The van der Waals surface area contributed by atoms with Gasteiger partial charge in [-0.15, -0.1) is 0 Å². The summed E-state index contributed by atoms with van der Waals surface area (Å²) in [6.45, 7) is 3.15. The van der Waals surface area contributed by atoms with Gasteiger partial charge in [-0.25, -0.2) is 0 Å². The average molecular weight is 99.1 g/mol. The molecule has 0 atom stereocenters. The zero-order chi connectivity index (χ0) is 5.86. The molecule has 0 saturated carbocycles. The van der Waals surface area contributed by atoms with Gasteiger partial charge in [0, 0.05) is 0 Å². The Hall–Kier alpha value is -0.790. The van der Waals surface area contributed by atoms with Crippen LogP contribution in [0.3, 0.4) is 0 Å². The van der Waals surface area contributed by atoms with Crippen molar-refractivity contribution >= 4 is 5.97 Å². The number of hydrogen-bond acceptors (Lipinski definition) is 2. The van der Waals surface area contributed by atoms with Crippen LogP contribution in [0.5, 0.6) is 0 Å². The molecular weight excluding hydrogens is 92.1 g/mol. The van der Waals surface area contributed by atoms with Crippen LogP contribution >= 0.6 is 0 Å². The second-order valence-electron chi connectivity index (χ2n) is 1.26. The molecule has 0 bridgehead atoms. The van der Waals surface area contributed by atoms with Crippen LogP contribution in [-0.2, 0) is 4.79 Å². The molecule has 0 heterocycles. The number of aliphatic carboxylic acids is 1. The number of carbonyl (C=O) groups is 1. The monoisotopic (exact) mass is 99.0 g/mol. The van der Waals surface area contributed by atoms with Gasteiger partial charge in [-0.05, 0) is 19.4 Å². The summed E-state index contributed by atoms with van der Waals surface area (Å²) >= 11 is 0. The highest BCUT2D eigenvalue weighted by Crippen LogP contribution is 1.85. The molecule has 0 fully saturated rings. The zero-order valence-corrected chi connectivity index (χ0v) is 4.39. The SMILES string of the molecule is C/C=C(\C)C(=O)[O-]. The fraction of sp³-hybridized carbons (Fsp3) is 0.400. The van der Waals surface area contributed by atoms with E-state index in [9.17, 15) is 9.90 Å². The third-order valence-electron chi connectivity index (χ3n) is 0.755. The zero-order valence-electron chi connectivity index (χ0n) is 4.39. The molecular formula is C5H7O2-. The number of hydrogen-bond donors (Lipinski definition) is 0. The van der Waals surface area contributed by atoms with E-state index in [0.29, 0.717) is 0 Å². The van der Waals surface area contributed by atoms with E-state index < -0.39 is 5.97 Å². The second-order valence-corrected chi connectivity index (χ2v) is 1.26. The molecule has 0 unspecified atom stereocenters. The predicted molar refractivity (Wildman–Crippen MR) is 24.4 cm³/mol. The normalized spacial score (nSPS) is 11.4. The van der Waals surface area contributed by atoms with E-state index in [-0.39, 0.29) is 5.57 Å². The van der Waals surface area contributed by atoms with Gasteiger partial charge in [-0.2, -0.15) is 0 Å². The van der Waals surface area contributed by atoms with E-state index in [0.717, 1.165) is 0 Å². The quantitative estimate of drug-likeness (QED) is 0.423. The Labute approximate surface area is 42.5 Å². The molecule has 0 aliphatic heterocycles. The minimum absolute atomic E-state index is 0.278. The van der Waals surface area contributed by atoms with E-state index in [1.165, 1.54) is 13.0 Å². The van der Waals surface area contributed by atoms with Crippen molar-refractivity contribution in [2.45, 2.75) is 13.8 Å². The van der Waals surface area contributed by atoms with Gasteiger partial charge in [0.15, 0.2) is 0 Å². The summed E-state index contributed by atoms with van der Waals surface area (Å²) in [7, 11) is 0. The van der Waals surface area contributed by atoms with Crippen LogP contribution in [0.2, 0.25) is 0 Å². The Bertz CT molecular complexity index is 103. The van der Waals surface area contributed by atoms with Gasteiger partial charge < -0.3 is 9.90 Å². The van der Waals surface area contributed by atoms with E-state index >= 15 is 0 Å². The van der Waals surface area contributed by atoms with Gasteiger partial charge in [0.05, 0.1) is 5.97 Å². The maximum Gasteiger partial charge on any atom is 0.0668 e. The minimum Gasteiger partial charge on any atom is -0.545 e. The number of carboxylic acid groups (broad SMARTS) is 1. The summed E-state index contributed by atoms with van der Waals surface area (Å²) < 4.78 is 0. The van der Waals surface area contributed by atoms with Crippen LogP contribution < -0.4 is 5.11 Å². The number of carboxylic acids is 1. The van der Waals surface area contributed by atoms with Crippen molar-refractivity contribution < 1.29 is 9.90 Å². The van der Waals surface area contributed by atoms with Crippen LogP contribution in [0.4, 0.5) is 0 Å². The van der Waals surface area contributed by atoms with Crippen molar-refractivity contribution in [1.82, 2.24) is 0 Å². The van der Waals surface area contributed by atoms with Crippen LogP contribution in [0.15, 0.2) is 11.6 Å². The van der Waals surface area contributed by atoms with Gasteiger partial charge in [-0.1, -0.05) is 6.08 Å². The van der Waals surface area contributed by atoms with Crippen molar-refractivity contribution in [1.29, 1.82) is 0 Å². The molecule has 0 aliphatic rings. The van der Waals surface area contributed by atoms with Crippen LogP contribution in [0.25, 0.3) is 0 Å². The average Bonchev–Trinajstić information content (AvgIpc) is 1.65. The number of allylic oxidation sites excluding steroid dienone is 1. The summed E-state index contributed by atoms with van der Waals surface area (Å²) in [5.41, 5.74) is 0.278. The summed E-state index contributed by atoms with van der Waals surface area (Å²) in [5, 5.41) is 9.75. The van der Waals surface area contributed by atoms with Gasteiger partial charge in [-0.3, -0.25) is 0 Å². The summed E-state index contributed by atoms with van der Waals surface area (Å²) in [6.07, 6.45) is 1.50. The molecule has 40 valence electrons. The van der Waals surface area contributed by atoms with E-state index in [2.05, 4.69) is 0 Å². The standard InChI is InChI=1S/C5H8O2/c1-3-4(2)5(6)7/h3H,1-2H3,(H,6,7)/p-1/b4-3+. The Kier molecular flexibility index (Phi) is 2.12. The molecule has 0 radical (unpaired) electrons. The molecule has 0 aliphatic carbocycles. The summed E-state index contributed by atoms with van der Waals surface area (Å²) in [4.78, 5) is 9.75. The Morgan fingerprint density at radius 1 is 1.71 bits per heavy atom. The summed E-state index contributed by atoms with van der Waals surface area (Å²) in [6, 6.07) is 0. The Morgan fingerprint density at radius 3 is 2.14 bits per heavy atom. The lowest BCUT2D eigenvalue weighted by molar-refractivity contribution is -0.299. The fourth-order valence-electron chi connectivity index (χ4n) is 0.118. The summed E-state index contributed by atoms with van der Waals surface area (Å²) in [5.74, 6) is -1.09. The third-order valence-corrected chi connectivity index (χ3v) is 0.755. The highest BCUT2D eigenvalue weighted by Gasteiger charge is 1.80. The lowest BCUT2D eigenvalue weighted by atomic mass is 10.3. The van der Waals surface area contributed by atoms with Gasteiger partial charge in [0.25, 0.3) is 0 Å². The molecule has 7 heavy (non-hydrogen) atoms. The van der Waals surface area contributed by atoms with Gasteiger partial charge >= 0.3 is 0 Å². The molecule has 2 heteroatoms. The molecule has 0 N–H and O–H groups in total. The molecule has 0 saturated heterocycles. The first-order valence-corrected chi connectivity index (χ1v) is 2.02. The molecule has 0 spiro atoms. The van der Waals surface area contributed by atoms with Crippen molar-refractivity contribution in [3.8, 4) is 0 Å². The molecule has 0 aromatic heterocycles. The Morgan fingerprint density at radius 2 is 2.14 bits per heavy atom. The highest BCUT2D eigenvalue weighted by molar-refractivity contribution is 5.83. The fourth-order valence-corrected chi connectivity index (χ4v) is 0.118. The second kappa shape index (κ2) is 2.39. The largest absolute Gasteiger partial charge is 0.545 e.